The molecule has 0 aliphatic heterocycles. The largest absolute Gasteiger partial charge is 1.00 e. The summed E-state index contributed by atoms with van der Waals surface area (Å²) in [4.78, 5) is 0. The van der Waals surface area contributed by atoms with Crippen LogP contribution in [0.4, 0.5) is 0 Å². The van der Waals surface area contributed by atoms with Crippen molar-refractivity contribution in [1.82, 2.24) is 0 Å². The Hall–Kier alpha value is 1.35. The molecule has 0 N–H and O–H groups in total. The first kappa shape index (κ1) is 21.6. The summed E-state index contributed by atoms with van der Waals surface area (Å²) in [6.07, 6.45) is 17.3. The zero-order valence-corrected chi connectivity index (χ0v) is 16.1. The molecule has 0 fully saturated rings. The number of rotatable bonds is 14. The van der Waals surface area contributed by atoms with E-state index in [9.17, 15) is 0 Å². The molecule has 0 atom stereocenters. The Balaban J connectivity index is -0.00000128. The van der Waals surface area contributed by atoms with E-state index in [4.69, 9.17) is 0 Å². The monoisotopic (exact) mass is 282 g/mol. The summed E-state index contributed by atoms with van der Waals surface area (Å²) < 4.78 is 0. The van der Waals surface area contributed by atoms with Crippen LogP contribution in [-0.2, 0) is 0 Å². The van der Waals surface area contributed by atoms with Crippen molar-refractivity contribution in [1.29, 1.82) is 0 Å². The van der Waals surface area contributed by atoms with E-state index in [2.05, 4.69) is 25.6 Å². The fourth-order valence-electron chi connectivity index (χ4n) is 2.07. The van der Waals surface area contributed by atoms with Crippen LogP contribution >= 0.6 is 11.8 Å². The Morgan fingerprint density at radius 3 is 1.28 bits per heavy atom. The second kappa shape index (κ2) is 20.7. The summed E-state index contributed by atoms with van der Waals surface area (Å²) in [5, 5.41) is 0. The van der Waals surface area contributed by atoms with Crippen LogP contribution in [0.5, 0.6) is 0 Å². The van der Waals surface area contributed by atoms with Gasteiger partial charge in [0.05, 0.1) is 0 Å². The van der Waals surface area contributed by atoms with E-state index < -0.39 is 0 Å². The number of thioether (sulfide) groups is 1. The van der Waals surface area contributed by atoms with Crippen molar-refractivity contribution in [2.24, 2.45) is 0 Å². The number of hydrogen-bond acceptors (Lipinski definition) is 1. The Labute approximate surface area is 144 Å². The molecular weight excluding hydrogens is 247 g/mol. The predicted octanol–water partition coefficient (Wildman–Crippen LogP) is 3.56. The molecule has 0 saturated carbocycles. The van der Waals surface area contributed by atoms with E-state index in [0.29, 0.717) is 0 Å². The van der Waals surface area contributed by atoms with Gasteiger partial charge in [0, 0.05) is 0 Å². The van der Waals surface area contributed by atoms with Crippen LogP contribution in [0.15, 0.2) is 0 Å². The third kappa shape index (κ3) is 19.7. The number of unbranched alkanes of at least 4 members (excludes halogenated alkanes) is 10. The van der Waals surface area contributed by atoms with Gasteiger partial charge in [-0.25, -0.2) is 0 Å². The first-order valence-corrected chi connectivity index (χ1v) is 9.15. The average Bonchev–Trinajstić information content (AvgIpc) is 2.35. The SMILES string of the molecule is CCCCCCCCSCCCCCCCC.[H-].[Na+]. The molecule has 0 spiro atoms. The molecule has 18 heavy (non-hydrogen) atoms. The summed E-state index contributed by atoms with van der Waals surface area (Å²) in [6.45, 7) is 4.58. The van der Waals surface area contributed by atoms with Gasteiger partial charge in [-0.15, -0.1) is 0 Å². The van der Waals surface area contributed by atoms with Crippen molar-refractivity contribution in [3.63, 3.8) is 0 Å². The Kier molecular flexibility index (Phi) is 24.8. The maximum absolute atomic E-state index is 2.29. The standard InChI is InChI=1S/C16H34S.Na.H/c1-3-5-7-9-11-13-15-17-16-14-12-10-8-6-4-2;;/h3-16H2,1-2H3;;/q;+1;-1. The molecule has 0 bridgehead atoms. The van der Waals surface area contributed by atoms with E-state index in [0.717, 1.165) is 0 Å². The van der Waals surface area contributed by atoms with Crippen LogP contribution in [0, 0.1) is 0 Å². The first-order valence-electron chi connectivity index (χ1n) is 7.99. The van der Waals surface area contributed by atoms with E-state index in [1.54, 1.807) is 0 Å². The van der Waals surface area contributed by atoms with Crippen LogP contribution < -0.4 is 29.6 Å². The first-order chi connectivity index (χ1) is 8.41. The van der Waals surface area contributed by atoms with Gasteiger partial charge in [-0.2, -0.15) is 11.8 Å². The van der Waals surface area contributed by atoms with Gasteiger partial charge in [0.2, 0.25) is 0 Å². The molecular formula is C16H35NaS. The summed E-state index contributed by atoms with van der Waals surface area (Å²) in [6, 6.07) is 0. The van der Waals surface area contributed by atoms with Gasteiger partial charge in [-0.1, -0.05) is 78.1 Å². The molecule has 0 radical (unpaired) electrons. The molecule has 0 rings (SSSR count). The molecule has 0 nitrogen and oxygen atoms in total. The van der Waals surface area contributed by atoms with Crippen molar-refractivity contribution in [2.75, 3.05) is 11.5 Å². The predicted molar refractivity (Wildman–Crippen MR) is 85.2 cm³/mol. The molecule has 0 unspecified atom stereocenters. The topological polar surface area (TPSA) is 0 Å². The number of hydrogen-bond donors (Lipinski definition) is 0. The van der Waals surface area contributed by atoms with Crippen LogP contribution in [0.2, 0.25) is 0 Å². The van der Waals surface area contributed by atoms with Gasteiger partial charge in [-0.3, -0.25) is 0 Å². The Morgan fingerprint density at radius 1 is 0.556 bits per heavy atom. The van der Waals surface area contributed by atoms with Crippen LogP contribution in [-0.4, -0.2) is 11.5 Å². The van der Waals surface area contributed by atoms with E-state index in [1.165, 1.54) is 88.6 Å². The minimum absolute atomic E-state index is 0. The molecule has 0 aromatic carbocycles. The molecule has 0 amide bonds. The summed E-state index contributed by atoms with van der Waals surface area (Å²) in [5.41, 5.74) is 0. The molecule has 0 aromatic rings. The normalized spacial score (nSPS) is 10.3. The Morgan fingerprint density at radius 2 is 0.889 bits per heavy atom. The molecule has 106 valence electrons. The van der Waals surface area contributed by atoms with Gasteiger partial charge >= 0.3 is 29.6 Å². The fraction of sp³-hybridized carbons (Fsp3) is 1.00. The van der Waals surface area contributed by atoms with Crippen molar-refractivity contribution in [2.45, 2.75) is 90.9 Å². The summed E-state index contributed by atoms with van der Waals surface area (Å²) in [7, 11) is 0. The van der Waals surface area contributed by atoms with Crippen LogP contribution in [0.25, 0.3) is 0 Å². The maximum Gasteiger partial charge on any atom is 1.00 e. The third-order valence-electron chi connectivity index (χ3n) is 3.28. The zero-order chi connectivity index (χ0) is 12.6. The molecule has 0 heterocycles. The van der Waals surface area contributed by atoms with Crippen molar-refractivity contribution >= 4 is 11.8 Å². The van der Waals surface area contributed by atoms with E-state index >= 15 is 0 Å². The summed E-state index contributed by atoms with van der Waals surface area (Å²) in [5.74, 6) is 2.81. The summed E-state index contributed by atoms with van der Waals surface area (Å²) >= 11 is 2.18. The van der Waals surface area contributed by atoms with Crippen molar-refractivity contribution in [3.05, 3.63) is 0 Å². The van der Waals surface area contributed by atoms with Crippen LogP contribution in [0.1, 0.15) is 92.3 Å². The molecule has 0 aliphatic rings. The van der Waals surface area contributed by atoms with Gasteiger partial charge < -0.3 is 1.43 Å². The average molecular weight is 283 g/mol. The fourth-order valence-corrected chi connectivity index (χ4v) is 3.09. The van der Waals surface area contributed by atoms with Gasteiger partial charge in [0.15, 0.2) is 0 Å². The van der Waals surface area contributed by atoms with Crippen molar-refractivity contribution < 1.29 is 31.0 Å². The smallest absolute Gasteiger partial charge is 1.00 e. The van der Waals surface area contributed by atoms with Gasteiger partial charge in [0.25, 0.3) is 0 Å². The van der Waals surface area contributed by atoms with Gasteiger partial charge in [0.1, 0.15) is 0 Å². The maximum atomic E-state index is 2.29. The van der Waals surface area contributed by atoms with Gasteiger partial charge in [-0.05, 0) is 24.3 Å². The quantitative estimate of drug-likeness (QED) is 0.347. The third-order valence-corrected chi connectivity index (χ3v) is 4.44. The molecule has 0 saturated heterocycles. The molecule has 0 aromatic heterocycles. The van der Waals surface area contributed by atoms with E-state index in [-0.39, 0.29) is 31.0 Å². The minimum atomic E-state index is 0. The van der Waals surface area contributed by atoms with Crippen molar-refractivity contribution in [3.8, 4) is 0 Å². The Bertz CT molecular complexity index is 120. The molecule has 2 heteroatoms. The zero-order valence-electron chi connectivity index (χ0n) is 14.3. The minimum Gasteiger partial charge on any atom is -1.00 e. The molecule has 0 aliphatic carbocycles. The van der Waals surface area contributed by atoms with E-state index in [1.807, 2.05) is 0 Å². The van der Waals surface area contributed by atoms with Crippen LogP contribution in [0.3, 0.4) is 0 Å². The second-order valence-corrected chi connectivity index (χ2v) is 6.37. The second-order valence-electron chi connectivity index (χ2n) is 5.15.